The van der Waals surface area contributed by atoms with Crippen molar-refractivity contribution < 1.29 is 24.2 Å². The molecule has 0 spiro atoms. The van der Waals surface area contributed by atoms with Crippen LogP contribution in [0.2, 0.25) is 0 Å². The van der Waals surface area contributed by atoms with E-state index in [1.54, 1.807) is 0 Å². The standard InChI is InChI=1S/C20H15FN2O4/c21-16-8-3-9-17(22-19(26)12-4-1-6-14(24)10-12)18(16)23-20(27)13-5-2-7-15(25)11-13/h1-11,24-25H,(H,22,26)(H,23,27). The number of hydrogen-bond donors (Lipinski definition) is 4. The van der Waals surface area contributed by atoms with Crippen LogP contribution in [0.3, 0.4) is 0 Å². The molecule has 0 saturated carbocycles. The average Bonchev–Trinajstić information content (AvgIpc) is 2.64. The van der Waals surface area contributed by atoms with E-state index in [2.05, 4.69) is 10.6 Å². The van der Waals surface area contributed by atoms with Gasteiger partial charge in [0.05, 0.1) is 5.69 Å². The zero-order chi connectivity index (χ0) is 19.4. The Kier molecular flexibility index (Phi) is 5.03. The fraction of sp³-hybridized carbons (Fsp3) is 0. The molecule has 3 aromatic rings. The molecule has 0 heterocycles. The molecule has 0 aliphatic carbocycles. The summed E-state index contributed by atoms with van der Waals surface area (Å²) in [6.07, 6.45) is 0. The van der Waals surface area contributed by atoms with Gasteiger partial charge in [0.15, 0.2) is 0 Å². The van der Waals surface area contributed by atoms with Crippen molar-refractivity contribution in [1.82, 2.24) is 0 Å². The van der Waals surface area contributed by atoms with E-state index in [4.69, 9.17) is 0 Å². The molecule has 3 rings (SSSR count). The maximum Gasteiger partial charge on any atom is 0.255 e. The van der Waals surface area contributed by atoms with Gasteiger partial charge in [0, 0.05) is 11.1 Å². The van der Waals surface area contributed by atoms with E-state index in [0.29, 0.717) is 0 Å². The van der Waals surface area contributed by atoms with Crippen LogP contribution < -0.4 is 10.6 Å². The zero-order valence-corrected chi connectivity index (χ0v) is 13.9. The van der Waals surface area contributed by atoms with Gasteiger partial charge in [-0.25, -0.2) is 4.39 Å². The number of phenolic OH excluding ortho intramolecular Hbond substituents is 2. The van der Waals surface area contributed by atoms with Crippen molar-refractivity contribution in [2.24, 2.45) is 0 Å². The maximum absolute atomic E-state index is 14.3. The highest BCUT2D eigenvalue weighted by molar-refractivity contribution is 6.10. The Morgan fingerprint density at radius 2 is 1.26 bits per heavy atom. The van der Waals surface area contributed by atoms with Gasteiger partial charge >= 0.3 is 0 Å². The number of phenols is 2. The second-order valence-electron chi connectivity index (χ2n) is 5.67. The number of amides is 2. The van der Waals surface area contributed by atoms with Gasteiger partial charge in [-0.15, -0.1) is 0 Å². The van der Waals surface area contributed by atoms with Crippen molar-refractivity contribution in [2.75, 3.05) is 10.6 Å². The quantitative estimate of drug-likeness (QED) is 0.565. The highest BCUT2D eigenvalue weighted by Gasteiger charge is 2.16. The topological polar surface area (TPSA) is 98.7 Å². The normalized spacial score (nSPS) is 10.3. The van der Waals surface area contributed by atoms with Gasteiger partial charge in [0.1, 0.15) is 23.0 Å². The van der Waals surface area contributed by atoms with Gasteiger partial charge in [-0.2, -0.15) is 0 Å². The minimum Gasteiger partial charge on any atom is -0.508 e. The Balaban J connectivity index is 1.86. The molecule has 0 bridgehead atoms. The summed E-state index contributed by atoms with van der Waals surface area (Å²) in [5.41, 5.74) is 0.143. The van der Waals surface area contributed by atoms with Crippen molar-refractivity contribution in [3.8, 4) is 11.5 Å². The third-order valence-corrected chi connectivity index (χ3v) is 3.72. The number of nitrogens with one attached hydrogen (secondary N) is 2. The number of aromatic hydroxyl groups is 2. The van der Waals surface area contributed by atoms with Crippen LogP contribution in [0.5, 0.6) is 11.5 Å². The number of rotatable bonds is 4. The molecule has 27 heavy (non-hydrogen) atoms. The van der Waals surface area contributed by atoms with Crippen molar-refractivity contribution in [3.63, 3.8) is 0 Å². The van der Waals surface area contributed by atoms with Crippen molar-refractivity contribution >= 4 is 23.2 Å². The Hall–Kier alpha value is -3.87. The van der Waals surface area contributed by atoms with Crippen molar-refractivity contribution in [2.45, 2.75) is 0 Å². The van der Waals surface area contributed by atoms with Crippen molar-refractivity contribution in [1.29, 1.82) is 0 Å². The number of benzene rings is 3. The molecule has 0 aromatic heterocycles. The number of anilines is 2. The first kappa shape index (κ1) is 17.9. The van der Waals surface area contributed by atoms with E-state index in [1.807, 2.05) is 0 Å². The van der Waals surface area contributed by atoms with Crippen LogP contribution in [-0.2, 0) is 0 Å². The molecule has 3 aromatic carbocycles. The summed E-state index contributed by atoms with van der Waals surface area (Å²) in [5.74, 6) is -2.15. The lowest BCUT2D eigenvalue weighted by atomic mass is 10.1. The lowest BCUT2D eigenvalue weighted by molar-refractivity contribution is 0.101. The molecule has 7 heteroatoms. The first-order valence-electron chi connectivity index (χ1n) is 7.93. The average molecular weight is 366 g/mol. The molecular weight excluding hydrogens is 351 g/mol. The Morgan fingerprint density at radius 3 is 1.81 bits per heavy atom. The second kappa shape index (κ2) is 7.57. The maximum atomic E-state index is 14.3. The molecule has 0 radical (unpaired) electrons. The lowest BCUT2D eigenvalue weighted by Gasteiger charge is -2.13. The first-order valence-corrected chi connectivity index (χ1v) is 7.93. The fourth-order valence-corrected chi connectivity index (χ4v) is 2.43. The molecular formula is C20H15FN2O4. The highest BCUT2D eigenvalue weighted by Crippen LogP contribution is 2.27. The van der Waals surface area contributed by atoms with Gasteiger partial charge in [-0.05, 0) is 48.5 Å². The summed E-state index contributed by atoms with van der Waals surface area (Å²) >= 11 is 0. The number of carbonyl (C=O) groups excluding carboxylic acids is 2. The molecule has 0 fully saturated rings. The van der Waals surface area contributed by atoms with E-state index < -0.39 is 17.6 Å². The Bertz CT molecular complexity index is 1020. The molecule has 0 aliphatic heterocycles. The van der Waals surface area contributed by atoms with Crippen LogP contribution in [0.1, 0.15) is 20.7 Å². The summed E-state index contributed by atoms with van der Waals surface area (Å²) in [6.45, 7) is 0. The summed E-state index contributed by atoms with van der Waals surface area (Å²) in [4.78, 5) is 24.7. The van der Waals surface area contributed by atoms with E-state index >= 15 is 0 Å². The van der Waals surface area contributed by atoms with Gasteiger partial charge in [-0.3, -0.25) is 9.59 Å². The van der Waals surface area contributed by atoms with Gasteiger partial charge in [-0.1, -0.05) is 18.2 Å². The smallest absolute Gasteiger partial charge is 0.255 e. The monoisotopic (exact) mass is 366 g/mol. The van der Waals surface area contributed by atoms with E-state index in [0.717, 1.165) is 6.07 Å². The van der Waals surface area contributed by atoms with Crippen molar-refractivity contribution in [3.05, 3.63) is 83.7 Å². The largest absolute Gasteiger partial charge is 0.508 e. The van der Waals surface area contributed by atoms with Gasteiger partial charge in [0.2, 0.25) is 0 Å². The lowest BCUT2D eigenvalue weighted by Crippen LogP contribution is -2.17. The number of halogens is 1. The van der Waals surface area contributed by atoms with Gasteiger partial charge < -0.3 is 20.8 Å². The highest BCUT2D eigenvalue weighted by atomic mass is 19.1. The molecule has 0 aliphatic rings. The first-order chi connectivity index (χ1) is 12.9. The predicted molar refractivity (Wildman–Crippen MR) is 98.5 cm³/mol. The predicted octanol–water partition coefficient (Wildman–Crippen LogP) is 3.74. The summed E-state index contributed by atoms with van der Waals surface area (Å²) in [6, 6.07) is 15.2. The summed E-state index contributed by atoms with van der Waals surface area (Å²) in [7, 11) is 0. The van der Waals surface area contributed by atoms with Crippen LogP contribution in [0.4, 0.5) is 15.8 Å². The fourth-order valence-electron chi connectivity index (χ4n) is 2.43. The van der Waals surface area contributed by atoms with E-state index in [9.17, 15) is 24.2 Å². The molecule has 0 saturated heterocycles. The number of carbonyl (C=O) groups is 2. The molecule has 6 nitrogen and oxygen atoms in total. The van der Waals surface area contributed by atoms with Crippen LogP contribution >= 0.6 is 0 Å². The zero-order valence-electron chi connectivity index (χ0n) is 13.9. The number of hydrogen-bond acceptors (Lipinski definition) is 4. The molecule has 2 amide bonds. The molecule has 0 atom stereocenters. The Morgan fingerprint density at radius 1 is 0.741 bits per heavy atom. The molecule has 4 N–H and O–H groups in total. The van der Waals surface area contributed by atoms with Gasteiger partial charge in [0.25, 0.3) is 11.8 Å². The Labute approximate surface area is 153 Å². The third kappa shape index (κ3) is 4.21. The second-order valence-corrected chi connectivity index (χ2v) is 5.67. The van der Waals surface area contributed by atoms with E-state index in [-0.39, 0.29) is 34.0 Å². The third-order valence-electron chi connectivity index (χ3n) is 3.72. The van der Waals surface area contributed by atoms with Crippen LogP contribution in [0, 0.1) is 5.82 Å². The van der Waals surface area contributed by atoms with Crippen LogP contribution in [0.25, 0.3) is 0 Å². The SMILES string of the molecule is O=C(Nc1cccc(F)c1NC(=O)c1cccc(O)c1)c1cccc(O)c1. The van der Waals surface area contributed by atoms with Crippen LogP contribution in [-0.4, -0.2) is 22.0 Å². The molecule has 0 unspecified atom stereocenters. The minimum atomic E-state index is -0.739. The van der Waals surface area contributed by atoms with E-state index in [1.165, 1.54) is 60.7 Å². The van der Waals surface area contributed by atoms with Crippen LogP contribution in [0.15, 0.2) is 66.7 Å². The minimum absolute atomic E-state index is 0.0526. The molecule has 136 valence electrons. The summed E-state index contributed by atoms with van der Waals surface area (Å²) < 4.78 is 14.3. The summed E-state index contributed by atoms with van der Waals surface area (Å²) in [5, 5.41) is 23.9. The number of para-hydroxylation sites is 1.